The van der Waals surface area contributed by atoms with E-state index < -0.39 is 26.6 Å². The van der Waals surface area contributed by atoms with Crippen LogP contribution in [0.3, 0.4) is 0 Å². The predicted octanol–water partition coefficient (Wildman–Crippen LogP) is 4.14. The third-order valence-corrected chi connectivity index (χ3v) is 7.76. The van der Waals surface area contributed by atoms with Gasteiger partial charge in [0.25, 0.3) is 0 Å². The highest BCUT2D eigenvalue weighted by atomic mass is 32.2. The molecule has 1 saturated heterocycles. The minimum atomic E-state index is -3.97. The number of aromatic nitrogens is 1. The molecule has 0 N–H and O–H groups in total. The number of piperidine rings is 1. The molecule has 0 aliphatic carbocycles. The van der Waals surface area contributed by atoms with Crippen molar-refractivity contribution < 1.29 is 17.2 Å². The van der Waals surface area contributed by atoms with Gasteiger partial charge in [0.15, 0.2) is 0 Å². The zero-order valence-corrected chi connectivity index (χ0v) is 15.4. The predicted molar refractivity (Wildman–Crippen MR) is 96.7 cm³/mol. The van der Waals surface area contributed by atoms with Gasteiger partial charge in [0.2, 0.25) is 10.0 Å². The summed E-state index contributed by atoms with van der Waals surface area (Å²) in [7, 11) is -3.97. The molecule has 0 radical (unpaired) electrons. The van der Waals surface area contributed by atoms with Crippen LogP contribution in [0.5, 0.6) is 0 Å². The minimum absolute atomic E-state index is 0.192. The molecule has 0 amide bonds. The van der Waals surface area contributed by atoms with Gasteiger partial charge in [0.1, 0.15) is 16.5 Å². The van der Waals surface area contributed by atoms with Crippen LogP contribution in [-0.2, 0) is 10.0 Å². The Morgan fingerprint density at radius 1 is 1.08 bits per heavy atom. The summed E-state index contributed by atoms with van der Waals surface area (Å²) in [5, 5.41) is 1.01. The summed E-state index contributed by atoms with van der Waals surface area (Å²) in [6.45, 7) is 0.583. The lowest BCUT2D eigenvalue weighted by molar-refractivity contribution is 0.318. The smallest absolute Gasteiger partial charge is 0.241 e. The summed E-state index contributed by atoms with van der Waals surface area (Å²) in [5.74, 6) is -1.66. The van der Waals surface area contributed by atoms with Gasteiger partial charge < -0.3 is 0 Å². The summed E-state index contributed by atoms with van der Waals surface area (Å²) in [6.07, 6.45) is 1.25. The van der Waals surface area contributed by atoms with Crippen molar-refractivity contribution in [1.29, 1.82) is 0 Å². The molecular formula is C18H16F2N2O2S2. The highest BCUT2D eigenvalue weighted by molar-refractivity contribution is 7.89. The first-order valence-electron chi connectivity index (χ1n) is 8.26. The molecule has 1 aliphatic rings. The molecule has 0 unspecified atom stereocenters. The zero-order chi connectivity index (χ0) is 18.3. The number of sulfonamides is 1. The van der Waals surface area contributed by atoms with Crippen molar-refractivity contribution in [3.8, 4) is 0 Å². The van der Waals surface area contributed by atoms with E-state index in [1.54, 1.807) is 11.3 Å². The Balaban J connectivity index is 1.52. The number of thiazole rings is 1. The van der Waals surface area contributed by atoms with E-state index in [9.17, 15) is 17.2 Å². The van der Waals surface area contributed by atoms with Gasteiger partial charge in [-0.05, 0) is 37.1 Å². The van der Waals surface area contributed by atoms with E-state index >= 15 is 0 Å². The second kappa shape index (κ2) is 6.68. The number of benzene rings is 2. The van der Waals surface area contributed by atoms with Crippen LogP contribution >= 0.6 is 11.3 Å². The molecule has 8 heteroatoms. The van der Waals surface area contributed by atoms with E-state index in [-0.39, 0.29) is 5.92 Å². The summed E-state index contributed by atoms with van der Waals surface area (Å²) < 4.78 is 54.7. The Bertz CT molecular complexity index is 1020. The minimum Gasteiger partial charge on any atom is -0.241 e. The van der Waals surface area contributed by atoms with Gasteiger partial charge in [0, 0.05) is 25.1 Å². The Kier molecular flexibility index (Phi) is 4.50. The highest BCUT2D eigenvalue weighted by Crippen LogP contribution is 2.35. The van der Waals surface area contributed by atoms with E-state index in [0.717, 1.165) is 27.4 Å². The summed E-state index contributed by atoms with van der Waals surface area (Å²) in [4.78, 5) is 4.18. The molecule has 4 nitrogen and oxygen atoms in total. The molecule has 2 aromatic carbocycles. The van der Waals surface area contributed by atoms with Crippen LogP contribution in [0.1, 0.15) is 23.8 Å². The molecule has 0 spiro atoms. The van der Waals surface area contributed by atoms with Crippen molar-refractivity contribution in [2.45, 2.75) is 23.7 Å². The van der Waals surface area contributed by atoms with Gasteiger partial charge in [0.05, 0.1) is 15.2 Å². The van der Waals surface area contributed by atoms with Crippen LogP contribution in [0.4, 0.5) is 8.78 Å². The van der Waals surface area contributed by atoms with Crippen molar-refractivity contribution >= 4 is 31.6 Å². The standard InChI is InChI=1S/C18H16F2N2O2S2/c19-13-5-6-17(14(20)11-13)26(23,24)22-9-7-12(8-10-22)18-21-15-3-1-2-4-16(15)25-18/h1-6,11-12H,7-10H2. The van der Waals surface area contributed by atoms with Gasteiger partial charge in [-0.3, -0.25) is 0 Å². The van der Waals surface area contributed by atoms with E-state index in [1.165, 1.54) is 4.31 Å². The third-order valence-electron chi connectivity index (χ3n) is 4.63. The van der Waals surface area contributed by atoms with Crippen LogP contribution in [-0.4, -0.2) is 30.8 Å². The topological polar surface area (TPSA) is 50.3 Å². The van der Waals surface area contributed by atoms with Gasteiger partial charge >= 0.3 is 0 Å². The fourth-order valence-electron chi connectivity index (χ4n) is 3.23. The fraction of sp³-hybridized carbons (Fsp3) is 0.278. The molecule has 3 aromatic rings. The Morgan fingerprint density at radius 2 is 1.81 bits per heavy atom. The average molecular weight is 394 g/mol. The number of halogens is 2. The van der Waals surface area contributed by atoms with E-state index in [4.69, 9.17) is 0 Å². The first kappa shape index (κ1) is 17.5. The molecule has 0 saturated carbocycles. The molecule has 2 heterocycles. The molecule has 136 valence electrons. The van der Waals surface area contributed by atoms with Crippen molar-refractivity contribution in [1.82, 2.24) is 9.29 Å². The average Bonchev–Trinajstić information content (AvgIpc) is 3.05. The molecule has 0 bridgehead atoms. The molecule has 26 heavy (non-hydrogen) atoms. The maximum absolute atomic E-state index is 13.9. The van der Waals surface area contributed by atoms with Crippen LogP contribution in [0.25, 0.3) is 10.2 Å². The Morgan fingerprint density at radius 3 is 2.50 bits per heavy atom. The Hall–Kier alpha value is -1.90. The van der Waals surface area contributed by atoms with Crippen LogP contribution in [0.15, 0.2) is 47.4 Å². The molecular weight excluding hydrogens is 378 g/mol. The maximum atomic E-state index is 13.9. The highest BCUT2D eigenvalue weighted by Gasteiger charge is 2.32. The lowest BCUT2D eigenvalue weighted by atomic mass is 9.99. The summed E-state index contributed by atoms with van der Waals surface area (Å²) in [5.41, 5.74) is 0.955. The van der Waals surface area contributed by atoms with Gasteiger partial charge in [-0.15, -0.1) is 11.3 Å². The molecule has 1 fully saturated rings. The van der Waals surface area contributed by atoms with E-state index in [2.05, 4.69) is 4.98 Å². The summed E-state index contributed by atoms with van der Waals surface area (Å²) >= 11 is 1.63. The van der Waals surface area contributed by atoms with Gasteiger partial charge in [-0.1, -0.05) is 12.1 Å². The summed E-state index contributed by atoms with van der Waals surface area (Å²) in [6, 6.07) is 10.4. The fourth-order valence-corrected chi connectivity index (χ4v) is 5.88. The largest absolute Gasteiger partial charge is 0.245 e. The quantitative estimate of drug-likeness (QED) is 0.671. The van der Waals surface area contributed by atoms with Crippen LogP contribution in [0, 0.1) is 11.6 Å². The number of hydrogen-bond donors (Lipinski definition) is 0. The van der Waals surface area contributed by atoms with E-state index in [1.807, 2.05) is 24.3 Å². The maximum Gasteiger partial charge on any atom is 0.245 e. The van der Waals surface area contributed by atoms with Crippen molar-refractivity contribution in [2.75, 3.05) is 13.1 Å². The number of nitrogens with zero attached hydrogens (tertiary/aromatic N) is 2. The first-order valence-corrected chi connectivity index (χ1v) is 10.5. The number of fused-ring (bicyclic) bond motifs is 1. The monoisotopic (exact) mass is 394 g/mol. The third kappa shape index (κ3) is 3.13. The second-order valence-electron chi connectivity index (χ2n) is 6.27. The van der Waals surface area contributed by atoms with Crippen LogP contribution < -0.4 is 0 Å². The van der Waals surface area contributed by atoms with Crippen molar-refractivity contribution in [3.05, 3.63) is 59.1 Å². The SMILES string of the molecule is O=S(=O)(c1ccc(F)cc1F)N1CCC(c2nc3ccccc3s2)CC1. The van der Waals surface area contributed by atoms with Gasteiger partial charge in [-0.25, -0.2) is 22.2 Å². The first-order chi connectivity index (χ1) is 12.4. The van der Waals surface area contributed by atoms with Gasteiger partial charge in [-0.2, -0.15) is 4.31 Å². The lowest BCUT2D eigenvalue weighted by Gasteiger charge is -2.30. The number of para-hydroxylation sites is 1. The van der Waals surface area contributed by atoms with Crippen LogP contribution in [0.2, 0.25) is 0 Å². The molecule has 1 aromatic heterocycles. The normalized spacial score (nSPS) is 17.0. The zero-order valence-electron chi connectivity index (χ0n) is 13.7. The molecule has 0 atom stereocenters. The van der Waals surface area contributed by atoms with Crippen molar-refractivity contribution in [3.63, 3.8) is 0 Å². The van der Waals surface area contributed by atoms with E-state index in [0.29, 0.717) is 32.0 Å². The second-order valence-corrected chi connectivity index (χ2v) is 9.24. The number of rotatable bonds is 3. The Labute approximate surface area is 154 Å². The molecule has 1 aliphatic heterocycles. The lowest BCUT2D eigenvalue weighted by Crippen LogP contribution is -2.38. The van der Waals surface area contributed by atoms with Crippen molar-refractivity contribution in [2.24, 2.45) is 0 Å². The molecule has 4 rings (SSSR count). The number of hydrogen-bond acceptors (Lipinski definition) is 4.